The van der Waals surface area contributed by atoms with Crippen molar-refractivity contribution in [3.8, 4) is 11.3 Å². The van der Waals surface area contributed by atoms with Gasteiger partial charge in [-0.3, -0.25) is 4.98 Å². The number of nitrogens with two attached hydrogens (primary N) is 1. The maximum absolute atomic E-state index is 13.0. The highest BCUT2D eigenvalue weighted by Gasteiger charge is 2.02. The Bertz CT molecular complexity index is 495. The van der Waals surface area contributed by atoms with Crippen molar-refractivity contribution in [1.82, 2.24) is 4.98 Å². The molecule has 0 saturated heterocycles. The largest absolute Gasteiger partial charge is 0.399 e. The van der Waals surface area contributed by atoms with Crippen molar-refractivity contribution in [3.63, 3.8) is 0 Å². The van der Waals surface area contributed by atoms with Crippen LogP contribution in [0.15, 0.2) is 36.5 Å². The van der Waals surface area contributed by atoms with Crippen LogP contribution in [0.1, 0.15) is 5.56 Å². The lowest BCUT2D eigenvalue weighted by Crippen LogP contribution is -1.90. The summed E-state index contributed by atoms with van der Waals surface area (Å²) in [6.45, 7) is 1.73. The van der Waals surface area contributed by atoms with Crippen LogP contribution in [-0.2, 0) is 0 Å². The van der Waals surface area contributed by atoms with Crippen molar-refractivity contribution in [3.05, 3.63) is 47.9 Å². The first kappa shape index (κ1) is 9.65. The van der Waals surface area contributed by atoms with E-state index in [1.807, 2.05) is 0 Å². The third kappa shape index (κ3) is 1.96. The fourth-order valence-corrected chi connectivity index (χ4v) is 1.41. The summed E-state index contributed by atoms with van der Waals surface area (Å²) in [5.74, 6) is -0.206. The van der Waals surface area contributed by atoms with Crippen LogP contribution in [0.4, 0.5) is 10.1 Å². The second kappa shape index (κ2) is 3.69. The quantitative estimate of drug-likeness (QED) is 0.772. The number of rotatable bonds is 1. The molecular weight excluding hydrogens is 191 g/mol. The van der Waals surface area contributed by atoms with E-state index >= 15 is 0 Å². The van der Waals surface area contributed by atoms with Gasteiger partial charge in [0.1, 0.15) is 5.82 Å². The minimum atomic E-state index is -0.206. The molecule has 2 N–H and O–H groups in total. The minimum Gasteiger partial charge on any atom is -0.399 e. The van der Waals surface area contributed by atoms with Gasteiger partial charge in [0, 0.05) is 17.4 Å². The fourth-order valence-electron chi connectivity index (χ4n) is 1.41. The van der Waals surface area contributed by atoms with E-state index in [1.165, 1.54) is 6.07 Å². The van der Waals surface area contributed by atoms with Crippen LogP contribution in [-0.4, -0.2) is 4.98 Å². The molecule has 0 aliphatic heterocycles. The van der Waals surface area contributed by atoms with Crippen molar-refractivity contribution in [1.29, 1.82) is 0 Å². The molecule has 2 aromatic rings. The van der Waals surface area contributed by atoms with E-state index in [9.17, 15) is 4.39 Å². The summed E-state index contributed by atoms with van der Waals surface area (Å²) in [5.41, 5.74) is 8.55. The lowest BCUT2D eigenvalue weighted by molar-refractivity contribution is 0.619. The Morgan fingerprint density at radius 1 is 1.20 bits per heavy atom. The van der Waals surface area contributed by atoms with Gasteiger partial charge in [-0.15, -0.1) is 0 Å². The van der Waals surface area contributed by atoms with Gasteiger partial charge in [0.2, 0.25) is 0 Å². The molecule has 0 saturated carbocycles. The lowest BCUT2D eigenvalue weighted by atomic mass is 10.1. The molecule has 1 aromatic heterocycles. The van der Waals surface area contributed by atoms with Crippen molar-refractivity contribution in [2.24, 2.45) is 0 Å². The van der Waals surface area contributed by atoms with Crippen molar-refractivity contribution >= 4 is 5.69 Å². The number of halogens is 1. The van der Waals surface area contributed by atoms with Crippen LogP contribution >= 0.6 is 0 Å². The van der Waals surface area contributed by atoms with Crippen LogP contribution in [0, 0.1) is 12.7 Å². The molecule has 2 nitrogen and oxygen atoms in total. The SMILES string of the molecule is Cc1cc(-c2cc(N)ccn2)ccc1F. The van der Waals surface area contributed by atoms with Gasteiger partial charge in [0.15, 0.2) is 0 Å². The number of aryl methyl sites for hydroxylation is 1. The predicted molar refractivity (Wildman–Crippen MR) is 58.8 cm³/mol. The number of pyridine rings is 1. The van der Waals surface area contributed by atoms with E-state index in [-0.39, 0.29) is 5.82 Å². The summed E-state index contributed by atoms with van der Waals surface area (Å²) in [6.07, 6.45) is 1.64. The monoisotopic (exact) mass is 202 g/mol. The second-order valence-corrected chi connectivity index (χ2v) is 3.44. The smallest absolute Gasteiger partial charge is 0.126 e. The van der Waals surface area contributed by atoms with Crippen LogP contribution in [0.25, 0.3) is 11.3 Å². The van der Waals surface area contributed by atoms with Crippen molar-refractivity contribution in [2.75, 3.05) is 5.73 Å². The normalized spacial score (nSPS) is 10.3. The number of hydrogen-bond acceptors (Lipinski definition) is 2. The Hall–Kier alpha value is -1.90. The third-order valence-corrected chi connectivity index (χ3v) is 2.24. The summed E-state index contributed by atoms with van der Waals surface area (Å²) >= 11 is 0. The van der Waals surface area contributed by atoms with Gasteiger partial charge in [0.25, 0.3) is 0 Å². The third-order valence-electron chi connectivity index (χ3n) is 2.24. The summed E-state index contributed by atoms with van der Waals surface area (Å²) in [4.78, 5) is 4.18. The van der Waals surface area contributed by atoms with Crippen LogP contribution < -0.4 is 5.73 Å². The molecule has 0 fully saturated rings. The maximum atomic E-state index is 13.0. The predicted octanol–water partition coefficient (Wildman–Crippen LogP) is 2.78. The molecular formula is C12H11FN2. The standard InChI is InChI=1S/C12H11FN2/c1-8-6-9(2-3-11(8)13)12-7-10(14)4-5-15-12/h2-7H,1H3,(H2,14,15). The summed E-state index contributed by atoms with van der Waals surface area (Å²) < 4.78 is 13.0. The topological polar surface area (TPSA) is 38.9 Å². The molecule has 76 valence electrons. The Morgan fingerprint density at radius 3 is 2.67 bits per heavy atom. The van der Waals surface area contributed by atoms with E-state index in [2.05, 4.69) is 4.98 Å². The second-order valence-electron chi connectivity index (χ2n) is 3.44. The van der Waals surface area contributed by atoms with E-state index in [4.69, 9.17) is 5.73 Å². The summed E-state index contributed by atoms with van der Waals surface area (Å²) in [6, 6.07) is 8.39. The molecule has 0 radical (unpaired) electrons. The van der Waals surface area contributed by atoms with E-state index < -0.39 is 0 Å². The number of anilines is 1. The Balaban J connectivity index is 2.50. The Labute approximate surface area is 87.6 Å². The molecule has 0 aliphatic rings. The Kier molecular flexibility index (Phi) is 2.37. The van der Waals surface area contributed by atoms with Gasteiger partial charge < -0.3 is 5.73 Å². The van der Waals surface area contributed by atoms with Gasteiger partial charge in [-0.1, -0.05) is 0 Å². The molecule has 0 bridgehead atoms. The van der Waals surface area contributed by atoms with Crippen LogP contribution in [0.5, 0.6) is 0 Å². The molecule has 1 aromatic carbocycles. The highest BCUT2D eigenvalue weighted by atomic mass is 19.1. The summed E-state index contributed by atoms with van der Waals surface area (Å²) in [5, 5.41) is 0. The summed E-state index contributed by atoms with van der Waals surface area (Å²) in [7, 11) is 0. The zero-order chi connectivity index (χ0) is 10.8. The highest BCUT2D eigenvalue weighted by molar-refractivity contribution is 5.63. The van der Waals surface area contributed by atoms with Gasteiger partial charge in [-0.05, 0) is 42.8 Å². The van der Waals surface area contributed by atoms with Gasteiger partial charge >= 0.3 is 0 Å². The molecule has 15 heavy (non-hydrogen) atoms. The molecule has 3 heteroatoms. The zero-order valence-corrected chi connectivity index (χ0v) is 8.37. The molecule has 0 amide bonds. The number of nitrogen functional groups attached to an aromatic ring is 1. The molecule has 0 atom stereocenters. The maximum Gasteiger partial charge on any atom is 0.126 e. The first-order valence-corrected chi connectivity index (χ1v) is 4.65. The van der Waals surface area contributed by atoms with Crippen molar-refractivity contribution < 1.29 is 4.39 Å². The average molecular weight is 202 g/mol. The van der Waals surface area contributed by atoms with E-state index in [1.54, 1.807) is 37.4 Å². The number of nitrogens with zero attached hydrogens (tertiary/aromatic N) is 1. The first-order chi connectivity index (χ1) is 7.16. The van der Waals surface area contributed by atoms with E-state index in [0.29, 0.717) is 11.3 Å². The van der Waals surface area contributed by atoms with Gasteiger partial charge in [0.05, 0.1) is 5.69 Å². The highest BCUT2D eigenvalue weighted by Crippen LogP contribution is 2.21. The van der Waals surface area contributed by atoms with E-state index in [0.717, 1.165) is 11.3 Å². The molecule has 1 heterocycles. The molecule has 2 rings (SSSR count). The number of aromatic nitrogens is 1. The number of benzene rings is 1. The molecule has 0 spiro atoms. The Morgan fingerprint density at radius 2 is 2.00 bits per heavy atom. The fraction of sp³-hybridized carbons (Fsp3) is 0.0833. The first-order valence-electron chi connectivity index (χ1n) is 4.65. The zero-order valence-electron chi connectivity index (χ0n) is 8.37. The lowest BCUT2D eigenvalue weighted by Gasteiger charge is -2.03. The van der Waals surface area contributed by atoms with Crippen LogP contribution in [0.3, 0.4) is 0 Å². The van der Waals surface area contributed by atoms with Gasteiger partial charge in [-0.25, -0.2) is 4.39 Å². The minimum absolute atomic E-state index is 0.206. The molecule has 0 aliphatic carbocycles. The number of hydrogen-bond donors (Lipinski definition) is 1. The average Bonchev–Trinajstić information content (AvgIpc) is 2.22. The molecule has 0 unspecified atom stereocenters. The van der Waals surface area contributed by atoms with Crippen molar-refractivity contribution in [2.45, 2.75) is 6.92 Å². The van der Waals surface area contributed by atoms with Gasteiger partial charge in [-0.2, -0.15) is 0 Å². The van der Waals surface area contributed by atoms with Crippen LogP contribution in [0.2, 0.25) is 0 Å².